The van der Waals surface area contributed by atoms with Crippen molar-refractivity contribution in [2.75, 3.05) is 25.4 Å². The molecule has 2 amide bonds. The van der Waals surface area contributed by atoms with Crippen LogP contribution in [0.25, 0.3) is 0 Å². The van der Waals surface area contributed by atoms with Gasteiger partial charge in [0.2, 0.25) is 0 Å². The van der Waals surface area contributed by atoms with E-state index in [1.165, 1.54) is 0 Å². The first-order chi connectivity index (χ1) is 9.78. The fourth-order valence-electron chi connectivity index (χ4n) is 2.25. The molecule has 1 heterocycles. The van der Waals surface area contributed by atoms with Crippen molar-refractivity contribution in [2.24, 2.45) is 5.92 Å². The minimum atomic E-state index is -4.28. The van der Waals surface area contributed by atoms with Crippen LogP contribution in [0.2, 0.25) is 0 Å². The molecule has 1 rings (SSSR count). The van der Waals surface area contributed by atoms with Crippen LogP contribution in [0, 0.1) is 5.92 Å². The second kappa shape index (κ2) is 8.35. The average molecular weight is 328 g/mol. The van der Waals surface area contributed by atoms with Gasteiger partial charge in [0.25, 0.3) is 0 Å². The zero-order valence-electron chi connectivity index (χ0n) is 11.5. The van der Waals surface area contributed by atoms with Gasteiger partial charge in [-0.25, -0.2) is 4.79 Å². The number of likely N-dealkylation sites (tertiary alicyclic amines) is 1. The average Bonchev–Trinajstić information content (AvgIpc) is 2.40. The van der Waals surface area contributed by atoms with Crippen molar-refractivity contribution < 1.29 is 27.9 Å². The fraction of sp³-hybridized carbons (Fsp3) is 0.833. The molecule has 5 nitrogen and oxygen atoms in total. The van der Waals surface area contributed by atoms with E-state index in [1.54, 1.807) is 4.90 Å². The van der Waals surface area contributed by atoms with Crippen molar-refractivity contribution >= 4 is 23.8 Å². The van der Waals surface area contributed by atoms with Crippen LogP contribution in [-0.2, 0) is 4.79 Å². The first-order valence-electron chi connectivity index (χ1n) is 6.73. The topological polar surface area (TPSA) is 69.6 Å². The summed E-state index contributed by atoms with van der Waals surface area (Å²) in [5.74, 6) is -0.934. The molecule has 0 aromatic carbocycles. The lowest BCUT2D eigenvalue weighted by Crippen LogP contribution is -2.46. The zero-order chi connectivity index (χ0) is 15.9. The van der Waals surface area contributed by atoms with E-state index in [0.717, 1.165) is 12.8 Å². The van der Waals surface area contributed by atoms with E-state index >= 15 is 0 Å². The fourth-order valence-corrected chi connectivity index (χ4v) is 2.68. The van der Waals surface area contributed by atoms with Gasteiger partial charge in [-0.1, -0.05) is 0 Å². The van der Waals surface area contributed by atoms with E-state index in [4.69, 9.17) is 5.11 Å². The number of nitrogens with zero attached hydrogens (tertiary/aromatic N) is 1. The first kappa shape index (κ1) is 17.9. The summed E-state index contributed by atoms with van der Waals surface area (Å²) in [5.41, 5.74) is -4.28. The van der Waals surface area contributed by atoms with Crippen molar-refractivity contribution in [2.45, 2.75) is 31.2 Å². The van der Waals surface area contributed by atoms with E-state index in [-0.39, 0.29) is 42.4 Å². The number of alkyl halides is 3. The smallest absolute Gasteiger partial charge is 0.441 e. The molecular weight excluding hydrogens is 309 g/mol. The number of hydrogen-bond donors (Lipinski definition) is 2. The van der Waals surface area contributed by atoms with Gasteiger partial charge in [0.05, 0.1) is 0 Å². The minimum absolute atomic E-state index is 0.0424. The molecule has 0 spiro atoms. The molecule has 0 radical (unpaired) electrons. The molecule has 9 heteroatoms. The number of thioether (sulfide) groups is 1. The maximum Gasteiger partial charge on any atom is 0.441 e. The van der Waals surface area contributed by atoms with Gasteiger partial charge >= 0.3 is 17.5 Å². The molecule has 0 bridgehead atoms. The number of urea groups is 1. The van der Waals surface area contributed by atoms with Crippen LogP contribution in [0.1, 0.15) is 25.7 Å². The normalized spacial score (nSPS) is 19.4. The third-order valence-electron chi connectivity index (χ3n) is 3.22. The molecule has 1 aliphatic rings. The van der Waals surface area contributed by atoms with Gasteiger partial charge < -0.3 is 15.3 Å². The number of amides is 2. The highest BCUT2D eigenvalue weighted by atomic mass is 32.2. The highest BCUT2D eigenvalue weighted by molar-refractivity contribution is 8.00. The zero-order valence-corrected chi connectivity index (χ0v) is 12.3. The lowest BCUT2D eigenvalue weighted by Gasteiger charge is -2.32. The number of carboxylic acids is 1. The van der Waals surface area contributed by atoms with Crippen molar-refractivity contribution in [3.8, 4) is 0 Å². The lowest BCUT2D eigenvalue weighted by atomic mass is 9.93. The lowest BCUT2D eigenvalue weighted by molar-refractivity contribution is -0.137. The Balaban J connectivity index is 2.25. The van der Waals surface area contributed by atoms with E-state index in [1.807, 2.05) is 0 Å². The number of nitrogens with one attached hydrogen (secondary N) is 1. The summed E-state index contributed by atoms with van der Waals surface area (Å²) >= 11 is -0.164. The number of carbonyl (C=O) groups is 2. The summed E-state index contributed by atoms with van der Waals surface area (Å²) in [6, 6.07) is -0.377. The van der Waals surface area contributed by atoms with Crippen LogP contribution in [0.3, 0.4) is 0 Å². The van der Waals surface area contributed by atoms with Crippen molar-refractivity contribution in [1.82, 2.24) is 10.2 Å². The number of rotatable bonds is 6. The second-order valence-corrected chi connectivity index (χ2v) is 6.07. The Bertz CT molecular complexity index is 366. The molecule has 21 heavy (non-hydrogen) atoms. The summed E-state index contributed by atoms with van der Waals surface area (Å²) in [4.78, 5) is 23.9. The Morgan fingerprint density at radius 3 is 2.71 bits per heavy atom. The summed E-state index contributed by atoms with van der Waals surface area (Å²) in [6.45, 7) is 0.979. The third kappa shape index (κ3) is 8.03. The van der Waals surface area contributed by atoms with E-state index in [9.17, 15) is 22.8 Å². The van der Waals surface area contributed by atoms with Gasteiger partial charge in [0, 0.05) is 31.8 Å². The number of carboxylic acid groups (broad SMARTS) is 1. The van der Waals surface area contributed by atoms with Crippen molar-refractivity contribution in [3.63, 3.8) is 0 Å². The van der Waals surface area contributed by atoms with Gasteiger partial charge in [-0.2, -0.15) is 13.2 Å². The monoisotopic (exact) mass is 328 g/mol. The Labute approximate surface area is 125 Å². The number of carbonyl (C=O) groups excluding carboxylic acids is 1. The molecular formula is C12H19F3N2O3S. The summed E-state index contributed by atoms with van der Waals surface area (Å²) < 4.78 is 35.8. The highest BCUT2D eigenvalue weighted by Gasteiger charge is 2.28. The second-order valence-electron chi connectivity index (χ2n) is 4.91. The quantitative estimate of drug-likeness (QED) is 0.735. The van der Waals surface area contributed by atoms with Crippen LogP contribution in [-0.4, -0.2) is 52.9 Å². The molecule has 0 aromatic heterocycles. The summed E-state index contributed by atoms with van der Waals surface area (Å²) in [7, 11) is 0. The molecule has 122 valence electrons. The largest absolute Gasteiger partial charge is 0.481 e. The SMILES string of the molecule is O=C(O)CCC1CCCN(C(=O)NCCSC(F)(F)F)C1. The van der Waals surface area contributed by atoms with E-state index in [0.29, 0.717) is 19.5 Å². The molecule has 2 N–H and O–H groups in total. The van der Waals surface area contributed by atoms with E-state index in [2.05, 4.69) is 5.32 Å². The van der Waals surface area contributed by atoms with E-state index < -0.39 is 11.5 Å². The van der Waals surface area contributed by atoms with Gasteiger partial charge in [-0.15, -0.1) is 0 Å². The molecule has 1 aliphatic heterocycles. The van der Waals surface area contributed by atoms with Crippen molar-refractivity contribution in [3.05, 3.63) is 0 Å². The Hall–Kier alpha value is -1.12. The number of piperidine rings is 1. The molecule has 1 fully saturated rings. The maximum absolute atomic E-state index is 11.9. The van der Waals surface area contributed by atoms with Gasteiger partial charge in [0.15, 0.2) is 0 Å². The Morgan fingerprint density at radius 2 is 2.10 bits per heavy atom. The maximum atomic E-state index is 11.9. The van der Waals surface area contributed by atoms with Crippen molar-refractivity contribution in [1.29, 1.82) is 0 Å². The first-order valence-corrected chi connectivity index (χ1v) is 7.72. The van der Waals surface area contributed by atoms with Gasteiger partial charge in [-0.3, -0.25) is 4.79 Å². The van der Waals surface area contributed by atoms with Gasteiger partial charge in [0.1, 0.15) is 0 Å². The van der Waals surface area contributed by atoms with Crippen LogP contribution < -0.4 is 5.32 Å². The summed E-state index contributed by atoms with van der Waals surface area (Å²) in [5, 5.41) is 11.1. The number of hydrogen-bond acceptors (Lipinski definition) is 3. The summed E-state index contributed by atoms with van der Waals surface area (Å²) in [6.07, 6.45) is 2.25. The molecule has 0 aromatic rings. The molecule has 0 aliphatic carbocycles. The Morgan fingerprint density at radius 1 is 1.38 bits per heavy atom. The van der Waals surface area contributed by atoms with Gasteiger partial charge in [-0.05, 0) is 36.9 Å². The van der Waals surface area contributed by atoms with Crippen LogP contribution in [0.15, 0.2) is 0 Å². The number of aliphatic carboxylic acids is 1. The van der Waals surface area contributed by atoms with Crippen LogP contribution in [0.4, 0.5) is 18.0 Å². The molecule has 1 unspecified atom stereocenters. The minimum Gasteiger partial charge on any atom is -0.481 e. The highest BCUT2D eigenvalue weighted by Crippen LogP contribution is 2.29. The number of halogens is 3. The third-order valence-corrected chi connectivity index (χ3v) is 3.95. The van der Waals surface area contributed by atoms with Crippen LogP contribution >= 0.6 is 11.8 Å². The standard InChI is InChI=1S/C12H19F3N2O3S/c13-12(14,15)21-7-5-16-11(20)17-6-1-2-9(8-17)3-4-10(18)19/h9H,1-8H2,(H,16,20)(H,18,19). The Kier molecular flexibility index (Phi) is 7.13. The predicted molar refractivity (Wildman–Crippen MR) is 73.1 cm³/mol. The molecule has 1 saturated heterocycles. The predicted octanol–water partition coefficient (Wildman–Crippen LogP) is 2.53. The molecule has 1 atom stereocenters. The van der Waals surface area contributed by atoms with Crippen LogP contribution in [0.5, 0.6) is 0 Å². The molecule has 0 saturated carbocycles.